The molecule has 0 fully saturated rings. The summed E-state index contributed by atoms with van der Waals surface area (Å²) in [5.41, 5.74) is 6.13. The van der Waals surface area contributed by atoms with Gasteiger partial charge in [-0.3, -0.25) is 10.1 Å². The smallest absolute Gasteiger partial charge is 0.414 e. The van der Waals surface area contributed by atoms with E-state index >= 15 is 0 Å². The number of nitro groups is 1. The number of nitrogens with zero attached hydrogens (tertiary/aromatic N) is 1. The van der Waals surface area contributed by atoms with Gasteiger partial charge in [-0.15, -0.1) is 0 Å². The predicted molar refractivity (Wildman–Crippen MR) is 91.3 cm³/mol. The Morgan fingerprint density at radius 3 is 2.38 bits per heavy atom. The highest BCUT2D eigenvalue weighted by Gasteiger charge is 2.14. The Morgan fingerprint density at radius 2 is 1.85 bits per heavy atom. The maximum absolute atomic E-state index is 10.9. The maximum atomic E-state index is 10.9. The molecule has 11 nitrogen and oxygen atoms in total. The Bertz CT molecular complexity index is 582. The fourth-order valence-electron chi connectivity index (χ4n) is 1.58. The number of carboxylic acid groups (broad SMARTS) is 2. The normalized spacial score (nSPS) is 9.77. The Hall–Kier alpha value is -2.76. The zero-order chi connectivity index (χ0) is 19.9. The number of aryl methyl sites for hydroxylation is 1. The second-order valence-electron chi connectivity index (χ2n) is 4.84. The molecular formula is C15H23N3O8. The van der Waals surface area contributed by atoms with Crippen LogP contribution in [0.4, 0.5) is 5.69 Å². The van der Waals surface area contributed by atoms with Crippen LogP contribution in [0.25, 0.3) is 0 Å². The number of nitrogens with two attached hydrogens (primary N) is 1. The summed E-state index contributed by atoms with van der Waals surface area (Å²) in [6, 6.07) is 4.88. The van der Waals surface area contributed by atoms with E-state index in [1.165, 1.54) is 6.07 Å². The highest BCUT2D eigenvalue weighted by Crippen LogP contribution is 2.27. The number of rotatable bonds is 10. The van der Waals surface area contributed by atoms with Crippen molar-refractivity contribution >= 4 is 17.6 Å². The second-order valence-corrected chi connectivity index (χ2v) is 4.84. The minimum absolute atomic E-state index is 0.0189. The van der Waals surface area contributed by atoms with Crippen LogP contribution in [0, 0.1) is 17.0 Å². The first-order chi connectivity index (χ1) is 12.3. The van der Waals surface area contributed by atoms with Gasteiger partial charge in [-0.05, 0) is 18.6 Å². The minimum Gasteiger partial charge on any atom is -0.484 e. The number of nitrogens with one attached hydrogen (secondary N) is 1. The molecule has 1 rings (SSSR count). The number of ether oxygens (including phenoxy) is 2. The number of hydrogen-bond donors (Lipinski definition) is 4. The summed E-state index contributed by atoms with van der Waals surface area (Å²) in [6.45, 7) is 5.10. The lowest BCUT2D eigenvalue weighted by Gasteiger charge is -2.08. The Balaban J connectivity index is 0.000000896. The molecule has 5 N–H and O–H groups in total. The van der Waals surface area contributed by atoms with Crippen LogP contribution in [0.2, 0.25) is 0 Å². The Kier molecular flexibility index (Phi) is 12.1. The fourth-order valence-corrected chi connectivity index (χ4v) is 1.58. The van der Waals surface area contributed by atoms with Crippen LogP contribution in [0.1, 0.15) is 5.56 Å². The monoisotopic (exact) mass is 373 g/mol. The molecule has 0 saturated heterocycles. The lowest BCUT2D eigenvalue weighted by molar-refractivity contribution is -0.385. The molecule has 0 atom stereocenters. The first kappa shape index (κ1) is 23.2. The highest BCUT2D eigenvalue weighted by atomic mass is 16.6. The van der Waals surface area contributed by atoms with Gasteiger partial charge in [-0.25, -0.2) is 9.59 Å². The van der Waals surface area contributed by atoms with Gasteiger partial charge in [0.05, 0.1) is 18.1 Å². The van der Waals surface area contributed by atoms with E-state index in [0.717, 1.165) is 18.7 Å². The summed E-state index contributed by atoms with van der Waals surface area (Å²) in [5.74, 6) is -3.38. The molecule has 0 aliphatic rings. The highest BCUT2D eigenvalue weighted by molar-refractivity contribution is 6.27. The van der Waals surface area contributed by atoms with Gasteiger partial charge >= 0.3 is 17.6 Å². The van der Waals surface area contributed by atoms with Crippen molar-refractivity contribution < 1.29 is 34.2 Å². The largest absolute Gasteiger partial charge is 0.484 e. The van der Waals surface area contributed by atoms with Crippen molar-refractivity contribution in [3.8, 4) is 5.75 Å². The van der Waals surface area contributed by atoms with E-state index in [4.69, 9.17) is 35.0 Å². The number of hydrogen-bond acceptors (Lipinski definition) is 8. The standard InChI is InChI=1S/C13H21N3O4.C2H2O4/c1-11-2-3-13(12(10-11)16(17)18)20-9-8-19-7-6-15-5-4-14;3-1(4)2(5)6/h2-3,10,15H,4-9,14H2,1H3;(H,3,4)(H,5,6). The number of benzene rings is 1. The van der Waals surface area contributed by atoms with Crippen molar-refractivity contribution in [3.63, 3.8) is 0 Å². The van der Waals surface area contributed by atoms with E-state index < -0.39 is 16.9 Å². The van der Waals surface area contributed by atoms with Crippen LogP contribution >= 0.6 is 0 Å². The van der Waals surface area contributed by atoms with Gasteiger partial charge in [0.1, 0.15) is 6.61 Å². The van der Waals surface area contributed by atoms with Gasteiger partial charge in [-0.2, -0.15) is 0 Å². The van der Waals surface area contributed by atoms with Crippen LogP contribution in [0.3, 0.4) is 0 Å². The predicted octanol–water partition coefficient (Wildman–Crippen LogP) is 0.00252. The molecule has 0 heterocycles. The third-order valence-corrected chi connectivity index (χ3v) is 2.72. The molecule has 0 aliphatic heterocycles. The summed E-state index contributed by atoms with van der Waals surface area (Å²) >= 11 is 0. The topological polar surface area (TPSA) is 174 Å². The van der Waals surface area contributed by atoms with Crippen LogP contribution in [0.5, 0.6) is 5.75 Å². The third-order valence-electron chi connectivity index (χ3n) is 2.72. The number of nitro benzene ring substituents is 1. The number of aliphatic carboxylic acids is 2. The van der Waals surface area contributed by atoms with Crippen molar-refractivity contribution in [3.05, 3.63) is 33.9 Å². The Labute approximate surface area is 149 Å². The van der Waals surface area contributed by atoms with E-state index in [-0.39, 0.29) is 18.0 Å². The molecule has 0 aliphatic carbocycles. The minimum atomic E-state index is -1.82. The first-order valence-electron chi connectivity index (χ1n) is 7.62. The van der Waals surface area contributed by atoms with Gasteiger partial charge < -0.3 is 30.7 Å². The molecular weight excluding hydrogens is 350 g/mol. The Morgan fingerprint density at radius 1 is 1.19 bits per heavy atom. The van der Waals surface area contributed by atoms with Crippen LogP contribution < -0.4 is 15.8 Å². The van der Waals surface area contributed by atoms with E-state index in [1.807, 2.05) is 0 Å². The molecule has 1 aromatic carbocycles. The van der Waals surface area contributed by atoms with E-state index in [0.29, 0.717) is 19.8 Å². The molecule has 0 aromatic heterocycles. The molecule has 0 unspecified atom stereocenters. The molecule has 146 valence electrons. The molecule has 26 heavy (non-hydrogen) atoms. The van der Waals surface area contributed by atoms with Gasteiger partial charge in [-0.1, -0.05) is 6.07 Å². The van der Waals surface area contributed by atoms with Crippen molar-refractivity contribution in [2.75, 3.05) is 39.5 Å². The molecule has 0 radical (unpaired) electrons. The number of carbonyl (C=O) groups is 2. The van der Waals surface area contributed by atoms with E-state index in [2.05, 4.69) is 5.32 Å². The van der Waals surface area contributed by atoms with E-state index in [1.54, 1.807) is 19.1 Å². The lowest BCUT2D eigenvalue weighted by Crippen LogP contribution is -2.26. The lowest BCUT2D eigenvalue weighted by atomic mass is 10.2. The SMILES string of the molecule is Cc1ccc(OCCOCCNCCN)c([N+](=O)[O-])c1.O=C(O)C(=O)O. The van der Waals surface area contributed by atoms with Gasteiger partial charge in [0.15, 0.2) is 5.75 Å². The maximum Gasteiger partial charge on any atom is 0.414 e. The molecule has 0 spiro atoms. The average molecular weight is 373 g/mol. The van der Waals surface area contributed by atoms with Crippen molar-refractivity contribution in [2.24, 2.45) is 5.73 Å². The summed E-state index contributed by atoms with van der Waals surface area (Å²) in [5, 5.41) is 28.8. The summed E-state index contributed by atoms with van der Waals surface area (Å²) in [4.78, 5) is 28.6. The van der Waals surface area contributed by atoms with Crippen LogP contribution in [-0.2, 0) is 14.3 Å². The summed E-state index contributed by atoms with van der Waals surface area (Å²) in [7, 11) is 0. The second kappa shape index (κ2) is 13.5. The molecule has 0 saturated carbocycles. The van der Waals surface area contributed by atoms with Crippen molar-refractivity contribution in [2.45, 2.75) is 6.92 Å². The molecule has 1 aromatic rings. The third kappa shape index (κ3) is 10.9. The van der Waals surface area contributed by atoms with E-state index in [9.17, 15) is 10.1 Å². The van der Waals surface area contributed by atoms with Crippen LogP contribution in [-0.4, -0.2) is 66.5 Å². The number of carboxylic acids is 2. The van der Waals surface area contributed by atoms with Gasteiger partial charge in [0.25, 0.3) is 0 Å². The zero-order valence-corrected chi connectivity index (χ0v) is 14.3. The van der Waals surface area contributed by atoms with Gasteiger partial charge in [0, 0.05) is 25.7 Å². The zero-order valence-electron chi connectivity index (χ0n) is 14.3. The molecule has 0 amide bonds. The van der Waals surface area contributed by atoms with Crippen LogP contribution in [0.15, 0.2) is 18.2 Å². The quantitative estimate of drug-likeness (QED) is 0.189. The van der Waals surface area contributed by atoms with Gasteiger partial charge in [0.2, 0.25) is 0 Å². The van der Waals surface area contributed by atoms with Crippen molar-refractivity contribution in [1.82, 2.24) is 5.32 Å². The average Bonchev–Trinajstić information content (AvgIpc) is 2.58. The molecule has 11 heteroatoms. The fraction of sp³-hybridized carbons (Fsp3) is 0.467. The van der Waals surface area contributed by atoms with Crippen molar-refractivity contribution in [1.29, 1.82) is 0 Å². The summed E-state index contributed by atoms with van der Waals surface area (Å²) in [6.07, 6.45) is 0. The molecule has 0 bridgehead atoms. The summed E-state index contributed by atoms with van der Waals surface area (Å²) < 4.78 is 10.7. The first-order valence-corrected chi connectivity index (χ1v) is 7.62.